The summed E-state index contributed by atoms with van der Waals surface area (Å²) in [6.45, 7) is 0.970. The van der Waals surface area contributed by atoms with Gasteiger partial charge in [0.25, 0.3) is 0 Å². The topological polar surface area (TPSA) is 77.8 Å². The van der Waals surface area contributed by atoms with Gasteiger partial charge in [-0.2, -0.15) is 0 Å². The summed E-state index contributed by atoms with van der Waals surface area (Å²) in [6.07, 6.45) is 2.10. The van der Waals surface area contributed by atoms with Crippen molar-refractivity contribution in [3.8, 4) is 0 Å². The summed E-state index contributed by atoms with van der Waals surface area (Å²) in [5, 5.41) is 26.4. The van der Waals surface area contributed by atoms with Crippen molar-refractivity contribution in [1.29, 1.82) is 0 Å². The van der Waals surface area contributed by atoms with Crippen LogP contribution in [0.3, 0.4) is 0 Å². The third-order valence-electron chi connectivity index (χ3n) is 2.99. The summed E-state index contributed by atoms with van der Waals surface area (Å²) in [4.78, 5) is 10.8. The molecule has 5 nitrogen and oxygen atoms in total. The van der Waals surface area contributed by atoms with Crippen LogP contribution in [-0.4, -0.2) is 65.7 Å². The minimum absolute atomic E-state index is 0.00352. The van der Waals surface area contributed by atoms with Crippen LogP contribution in [0.1, 0.15) is 25.7 Å². The Hall–Kier alpha value is -0.650. The molecule has 0 spiro atoms. The van der Waals surface area contributed by atoms with Crippen LogP contribution in [-0.2, 0) is 4.79 Å². The highest BCUT2D eigenvalue weighted by Crippen LogP contribution is 2.17. The first-order valence-corrected chi connectivity index (χ1v) is 5.70. The Morgan fingerprint density at radius 3 is 2.19 bits per heavy atom. The molecule has 1 unspecified atom stereocenters. The first kappa shape index (κ1) is 15.3. The van der Waals surface area contributed by atoms with E-state index >= 15 is 0 Å². The van der Waals surface area contributed by atoms with E-state index in [-0.39, 0.29) is 25.7 Å². The number of rotatable bonds is 9. The number of carbonyl (C=O) groups is 1. The van der Waals surface area contributed by atoms with E-state index in [1.54, 1.807) is 0 Å². The number of hydrogen-bond donors (Lipinski definition) is 3. The zero-order chi connectivity index (χ0) is 12.6. The Balaban J connectivity index is 4.38. The van der Waals surface area contributed by atoms with Gasteiger partial charge in [0.2, 0.25) is 0 Å². The second-order valence-electron chi connectivity index (χ2n) is 4.70. The summed E-state index contributed by atoms with van der Waals surface area (Å²) in [5.41, 5.74) is 0. The third-order valence-corrected chi connectivity index (χ3v) is 2.99. The molecule has 0 aliphatic rings. The molecule has 96 valence electrons. The number of carboxylic acids is 1. The van der Waals surface area contributed by atoms with Crippen LogP contribution in [0.2, 0.25) is 0 Å². The van der Waals surface area contributed by atoms with Crippen molar-refractivity contribution < 1.29 is 24.6 Å². The van der Waals surface area contributed by atoms with Crippen LogP contribution >= 0.6 is 0 Å². The van der Waals surface area contributed by atoms with Gasteiger partial charge < -0.3 is 19.8 Å². The van der Waals surface area contributed by atoms with E-state index < -0.39 is 5.97 Å². The minimum Gasteiger partial charge on any atom is -0.481 e. The molecule has 0 fully saturated rings. The van der Waals surface area contributed by atoms with Crippen LogP contribution < -0.4 is 0 Å². The zero-order valence-corrected chi connectivity index (χ0v) is 10.2. The molecule has 0 aromatic carbocycles. The summed E-state index contributed by atoms with van der Waals surface area (Å²) < 4.78 is 0.576. The third kappa shape index (κ3) is 6.05. The molecule has 16 heavy (non-hydrogen) atoms. The molecule has 0 aromatic heterocycles. The molecule has 0 heterocycles. The van der Waals surface area contributed by atoms with Crippen LogP contribution in [0, 0.1) is 0 Å². The van der Waals surface area contributed by atoms with E-state index in [4.69, 9.17) is 15.3 Å². The highest BCUT2D eigenvalue weighted by molar-refractivity contribution is 5.67. The fourth-order valence-corrected chi connectivity index (χ4v) is 1.89. The van der Waals surface area contributed by atoms with Crippen molar-refractivity contribution in [2.45, 2.75) is 31.7 Å². The number of nitrogens with zero attached hydrogens (tertiary/aromatic N) is 1. The van der Waals surface area contributed by atoms with Gasteiger partial charge in [0.05, 0.1) is 33.1 Å². The normalized spacial score (nSPS) is 13.8. The molecule has 0 bridgehead atoms. The number of quaternary nitrogens is 1. The molecular formula is C11H24NO4+. The maximum Gasteiger partial charge on any atom is 0.309 e. The second-order valence-corrected chi connectivity index (χ2v) is 4.70. The fourth-order valence-electron chi connectivity index (χ4n) is 1.89. The Kier molecular flexibility index (Phi) is 7.29. The first-order valence-electron chi connectivity index (χ1n) is 5.70. The minimum atomic E-state index is -0.807. The molecule has 1 atom stereocenters. The van der Waals surface area contributed by atoms with Gasteiger partial charge in [-0.1, -0.05) is 0 Å². The average Bonchev–Trinajstić information content (AvgIpc) is 2.20. The molecule has 0 amide bonds. The quantitative estimate of drug-likeness (QED) is 0.493. The lowest BCUT2D eigenvalue weighted by molar-refractivity contribution is -0.915. The van der Waals surface area contributed by atoms with Crippen molar-refractivity contribution in [2.75, 3.05) is 33.9 Å². The maximum absolute atomic E-state index is 10.8. The predicted octanol–water partition coefficient (Wildman–Crippen LogP) is 0.0610. The molecule has 0 aliphatic heterocycles. The van der Waals surface area contributed by atoms with Crippen molar-refractivity contribution in [1.82, 2.24) is 0 Å². The maximum atomic E-state index is 10.8. The second kappa shape index (κ2) is 7.60. The van der Waals surface area contributed by atoms with Gasteiger partial charge in [0.1, 0.15) is 0 Å². The van der Waals surface area contributed by atoms with Gasteiger partial charge in [-0.05, 0) is 6.42 Å². The summed E-state index contributed by atoms with van der Waals surface area (Å²) in [7, 11) is 3.95. The molecule has 0 aromatic rings. The monoisotopic (exact) mass is 234 g/mol. The van der Waals surface area contributed by atoms with Gasteiger partial charge in [-0.25, -0.2) is 0 Å². The Morgan fingerprint density at radius 1 is 1.19 bits per heavy atom. The lowest BCUT2D eigenvalue weighted by Gasteiger charge is -2.37. The van der Waals surface area contributed by atoms with Gasteiger partial charge in [-0.15, -0.1) is 0 Å². The number of aliphatic carboxylic acids is 1. The number of aliphatic hydroxyl groups excluding tert-OH is 2. The SMILES string of the molecule is C[N+](C)(CCCO)C(CCCO)CC(=O)O. The number of aliphatic hydroxyl groups is 2. The molecule has 0 aliphatic carbocycles. The molecule has 0 rings (SSSR count). The van der Waals surface area contributed by atoms with Gasteiger partial charge >= 0.3 is 5.97 Å². The molecule has 0 saturated heterocycles. The van der Waals surface area contributed by atoms with Crippen molar-refractivity contribution in [2.24, 2.45) is 0 Å². The Labute approximate surface area is 96.9 Å². The largest absolute Gasteiger partial charge is 0.481 e. The summed E-state index contributed by atoms with van der Waals surface area (Å²) in [5.74, 6) is -0.807. The van der Waals surface area contributed by atoms with E-state index in [9.17, 15) is 4.79 Å². The summed E-state index contributed by atoms with van der Waals surface area (Å²) in [6, 6.07) is -0.00352. The molecule has 5 heteroatoms. The molecular weight excluding hydrogens is 210 g/mol. The van der Waals surface area contributed by atoms with Crippen LogP contribution in [0.25, 0.3) is 0 Å². The molecule has 0 saturated carbocycles. The molecule has 3 N–H and O–H groups in total. The number of carboxylic acid groups (broad SMARTS) is 1. The van der Waals surface area contributed by atoms with Crippen molar-refractivity contribution in [3.63, 3.8) is 0 Å². The predicted molar refractivity (Wildman–Crippen MR) is 61.0 cm³/mol. The summed E-state index contributed by atoms with van der Waals surface area (Å²) >= 11 is 0. The fraction of sp³-hybridized carbons (Fsp3) is 0.909. The van der Waals surface area contributed by atoms with E-state index in [1.807, 2.05) is 14.1 Å². The van der Waals surface area contributed by atoms with Crippen LogP contribution in [0.4, 0.5) is 0 Å². The highest BCUT2D eigenvalue weighted by atomic mass is 16.4. The smallest absolute Gasteiger partial charge is 0.309 e. The lowest BCUT2D eigenvalue weighted by atomic mass is 10.0. The van der Waals surface area contributed by atoms with Crippen LogP contribution in [0.5, 0.6) is 0 Å². The van der Waals surface area contributed by atoms with Gasteiger partial charge in [0, 0.05) is 26.1 Å². The average molecular weight is 234 g/mol. The van der Waals surface area contributed by atoms with E-state index in [0.29, 0.717) is 23.7 Å². The highest BCUT2D eigenvalue weighted by Gasteiger charge is 2.29. The number of hydrogen-bond acceptors (Lipinski definition) is 3. The van der Waals surface area contributed by atoms with E-state index in [0.717, 1.165) is 6.54 Å². The standard InChI is InChI=1S/C11H23NO4/c1-12(2,6-4-8-14)10(5-3-7-13)9-11(15)16/h10,13-14H,3-9H2,1-2H3/p+1. The Bertz CT molecular complexity index is 206. The van der Waals surface area contributed by atoms with Crippen molar-refractivity contribution >= 4 is 5.97 Å². The molecule has 0 radical (unpaired) electrons. The van der Waals surface area contributed by atoms with E-state index in [2.05, 4.69) is 0 Å². The van der Waals surface area contributed by atoms with E-state index in [1.165, 1.54) is 0 Å². The first-order chi connectivity index (χ1) is 7.44. The van der Waals surface area contributed by atoms with Gasteiger partial charge in [0.15, 0.2) is 0 Å². The zero-order valence-electron chi connectivity index (χ0n) is 10.2. The van der Waals surface area contributed by atoms with Gasteiger partial charge in [-0.3, -0.25) is 4.79 Å². The van der Waals surface area contributed by atoms with Crippen LogP contribution in [0.15, 0.2) is 0 Å². The Morgan fingerprint density at radius 2 is 1.75 bits per heavy atom. The van der Waals surface area contributed by atoms with Crippen molar-refractivity contribution in [3.05, 3.63) is 0 Å². The lowest BCUT2D eigenvalue weighted by Crippen LogP contribution is -2.50.